The van der Waals surface area contributed by atoms with Gasteiger partial charge in [-0.3, -0.25) is 4.79 Å². The molecule has 1 amide bonds. The summed E-state index contributed by atoms with van der Waals surface area (Å²) in [6, 6.07) is 1.80. The summed E-state index contributed by atoms with van der Waals surface area (Å²) < 4.78 is 2.82. The van der Waals surface area contributed by atoms with Gasteiger partial charge in [-0.1, -0.05) is 6.08 Å². The molecule has 0 aliphatic carbocycles. The Hall–Kier alpha value is -1.03. The average molecular weight is 271 g/mol. The zero-order valence-electron chi connectivity index (χ0n) is 8.96. The first-order chi connectivity index (χ1) is 7.08. The van der Waals surface area contributed by atoms with Crippen LogP contribution in [0.4, 0.5) is 0 Å². The van der Waals surface area contributed by atoms with E-state index in [0.29, 0.717) is 5.69 Å². The number of aromatic nitrogens is 1. The first-order valence-electron chi connectivity index (χ1n) is 4.87. The van der Waals surface area contributed by atoms with E-state index in [-0.39, 0.29) is 11.9 Å². The summed E-state index contributed by atoms with van der Waals surface area (Å²) in [6.07, 6.45) is 3.60. The fraction of sp³-hybridized carbons (Fsp3) is 0.364. The zero-order valence-corrected chi connectivity index (χ0v) is 10.5. The molecule has 0 saturated carbocycles. The predicted octanol–water partition coefficient (Wildman–Crippen LogP) is 2.57. The number of amides is 1. The van der Waals surface area contributed by atoms with Crippen molar-refractivity contribution in [2.45, 2.75) is 26.4 Å². The van der Waals surface area contributed by atoms with Gasteiger partial charge < -0.3 is 9.88 Å². The molecule has 1 aromatic heterocycles. The molecule has 0 bridgehead atoms. The summed E-state index contributed by atoms with van der Waals surface area (Å²) in [4.78, 5) is 11.8. The Morgan fingerprint density at radius 1 is 1.80 bits per heavy atom. The van der Waals surface area contributed by atoms with E-state index < -0.39 is 0 Å². The Morgan fingerprint density at radius 2 is 2.47 bits per heavy atom. The Morgan fingerprint density at radius 3 is 3.00 bits per heavy atom. The molecule has 0 spiro atoms. The van der Waals surface area contributed by atoms with Gasteiger partial charge in [0.2, 0.25) is 0 Å². The van der Waals surface area contributed by atoms with Crippen molar-refractivity contribution in [1.29, 1.82) is 0 Å². The Bertz CT molecular complexity index is 371. The molecule has 1 rings (SSSR count). The van der Waals surface area contributed by atoms with Crippen molar-refractivity contribution in [3.8, 4) is 0 Å². The van der Waals surface area contributed by atoms with Crippen molar-refractivity contribution in [3.63, 3.8) is 0 Å². The normalized spacial score (nSPS) is 12.2. The molecule has 1 heterocycles. The van der Waals surface area contributed by atoms with E-state index in [1.165, 1.54) is 0 Å². The summed E-state index contributed by atoms with van der Waals surface area (Å²) in [7, 11) is 0. The first-order valence-corrected chi connectivity index (χ1v) is 5.66. The third-order valence-electron chi connectivity index (χ3n) is 2.15. The van der Waals surface area contributed by atoms with Gasteiger partial charge in [0.05, 0.1) is 0 Å². The number of rotatable bonds is 4. The fourth-order valence-electron chi connectivity index (χ4n) is 1.27. The number of hydrogen-bond acceptors (Lipinski definition) is 1. The number of halogens is 1. The van der Waals surface area contributed by atoms with Crippen LogP contribution in [-0.4, -0.2) is 16.5 Å². The predicted molar refractivity (Wildman–Crippen MR) is 64.9 cm³/mol. The van der Waals surface area contributed by atoms with Crippen molar-refractivity contribution < 1.29 is 4.79 Å². The van der Waals surface area contributed by atoms with Gasteiger partial charge in [-0.15, -0.1) is 6.58 Å². The topological polar surface area (TPSA) is 34.0 Å². The van der Waals surface area contributed by atoms with Gasteiger partial charge in [-0.2, -0.15) is 0 Å². The lowest BCUT2D eigenvalue weighted by atomic mass is 10.3. The van der Waals surface area contributed by atoms with Crippen LogP contribution in [0.3, 0.4) is 0 Å². The van der Waals surface area contributed by atoms with Crippen molar-refractivity contribution in [1.82, 2.24) is 9.88 Å². The minimum atomic E-state index is -0.0741. The maximum absolute atomic E-state index is 11.8. The molecule has 0 radical (unpaired) electrons. The highest BCUT2D eigenvalue weighted by molar-refractivity contribution is 9.10. The number of aryl methyl sites for hydroxylation is 1. The lowest BCUT2D eigenvalue weighted by Gasteiger charge is -2.10. The highest BCUT2D eigenvalue weighted by atomic mass is 79.9. The minimum Gasteiger partial charge on any atom is -0.345 e. The van der Waals surface area contributed by atoms with Crippen LogP contribution in [0.15, 0.2) is 29.4 Å². The summed E-state index contributed by atoms with van der Waals surface area (Å²) in [5.41, 5.74) is 0.665. The molecule has 1 N–H and O–H groups in total. The molecule has 3 nitrogen and oxygen atoms in total. The smallest absolute Gasteiger partial charge is 0.268 e. The molecule has 0 saturated heterocycles. The van der Waals surface area contributed by atoms with Crippen molar-refractivity contribution >= 4 is 21.8 Å². The molecule has 0 aromatic carbocycles. The maximum atomic E-state index is 11.8. The van der Waals surface area contributed by atoms with Crippen LogP contribution in [0.25, 0.3) is 0 Å². The highest BCUT2D eigenvalue weighted by Crippen LogP contribution is 2.14. The van der Waals surface area contributed by atoms with Gasteiger partial charge in [0.25, 0.3) is 5.91 Å². The highest BCUT2D eigenvalue weighted by Gasteiger charge is 2.12. The van der Waals surface area contributed by atoms with Gasteiger partial charge in [0.1, 0.15) is 5.69 Å². The fourth-order valence-corrected chi connectivity index (χ4v) is 1.73. The number of carbonyl (C=O) groups is 1. The summed E-state index contributed by atoms with van der Waals surface area (Å²) in [5.74, 6) is -0.0741. The second kappa shape index (κ2) is 5.16. The molecule has 4 heteroatoms. The number of hydrogen-bond donors (Lipinski definition) is 1. The van der Waals surface area contributed by atoms with Crippen LogP contribution < -0.4 is 5.32 Å². The van der Waals surface area contributed by atoms with E-state index in [4.69, 9.17) is 0 Å². The third kappa shape index (κ3) is 2.96. The van der Waals surface area contributed by atoms with E-state index in [1.54, 1.807) is 6.08 Å². The molecule has 0 aliphatic heterocycles. The molecular weight excluding hydrogens is 256 g/mol. The Balaban J connectivity index is 2.85. The second-order valence-corrected chi connectivity index (χ2v) is 4.24. The lowest BCUT2D eigenvalue weighted by Crippen LogP contribution is -2.32. The van der Waals surface area contributed by atoms with Gasteiger partial charge in [-0.25, -0.2) is 0 Å². The molecule has 0 fully saturated rings. The van der Waals surface area contributed by atoms with E-state index in [1.807, 2.05) is 30.7 Å². The third-order valence-corrected chi connectivity index (χ3v) is 2.58. The lowest BCUT2D eigenvalue weighted by molar-refractivity contribution is 0.0938. The van der Waals surface area contributed by atoms with E-state index >= 15 is 0 Å². The standard InChI is InChI=1S/C11H15BrN2O/c1-4-8(3)13-11(15)10-6-9(12)7-14(10)5-2/h4,6-8H,1,5H2,2-3H3,(H,13,15). The molecular formula is C11H15BrN2O. The SMILES string of the molecule is C=CC(C)NC(=O)c1cc(Br)cn1CC. The number of carbonyl (C=O) groups excluding carboxylic acids is 1. The summed E-state index contributed by atoms with van der Waals surface area (Å²) >= 11 is 3.35. The number of nitrogens with one attached hydrogen (secondary N) is 1. The second-order valence-electron chi connectivity index (χ2n) is 3.33. The van der Waals surface area contributed by atoms with E-state index in [9.17, 15) is 4.79 Å². The van der Waals surface area contributed by atoms with Crippen molar-refractivity contribution in [2.75, 3.05) is 0 Å². The van der Waals surface area contributed by atoms with Gasteiger partial charge >= 0.3 is 0 Å². The molecule has 1 aromatic rings. The largest absolute Gasteiger partial charge is 0.345 e. The molecule has 1 atom stereocenters. The minimum absolute atomic E-state index is 0.0171. The van der Waals surface area contributed by atoms with Gasteiger partial charge in [0, 0.05) is 23.3 Å². The number of nitrogens with zero attached hydrogens (tertiary/aromatic N) is 1. The zero-order chi connectivity index (χ0) is 11.4. The van der Waals surface area contributed by atoms with Crippen LogP contribution in [0.5, 0.6) is 0 Å². The van der Waals surface area contributed by atoms with Crippen LogP contribution in [0, 0.1) is 0 Å². The van der Waals surface area contributed by atoms with Crippen LogP contribution >= 0.6 is 15.9 Å². The van der Waals surface area contributed by atoms with Crippen molar-refractivity contribution in [2.24, 2.45) is 0 Å². The summed E-state index contributed by atoms with van der Waals surface area (Å²) in [5, 5.41) is 2.84. The maximum Gasteiger partial charge on any atom is 0.268 e. The van der Waals surface area contributed by atoms with Crippen molar-refractivity contribution in [3.05, 3.63) is 35.1 Å². The quantitative estimate of drug-likeness (QED) is 0.839. The Labute approximate surface area is 98.3 Å². The summed E-state index contributed by atoms with van der Waals surface area (Å²) in [6.45, 7) is 8.29. The van der Waals surface area contributed by atoms with Crippen LogP contribution in [0.1, 0.15) is 24.3 Å². The van der Waals surface area contributed by atoms with Gasteiger partial charge in [-0.05, 0) is 35.8 Å². The molecule has 82 valence electrons. The average Bonchev–Trinajstić information content (AvgIpc) is 2.59. The van der Waals surface area contributed by atoms with E-state index in [0.717, 1.165) is 11.0 Å². The van der Waals surface area contributed by atoms with E-state index in [2.05, 4.69) is 27.8 Å². The van der Waals surface area contributed by atoms with Gasteiger partial charge in [0.15, 0.2) is 0 Å². The Kier molecular flexibility index (Phi) is 4.15. The molecule has 1 unspecified atom stereocenters. The monoisotopic (exact) mass is 270 g/mol. The van der Waals surface area contributed by atoms with Crippen LogP contribution in [0.2, 0.25) is 0 Å². The molecule has 15 heavy (non-hydrogen) atoms. The molecule has 0 aliphatic rings. The van der Waals surface area contributed by atoms with Crippen LogP contribution in [-0.2, 0) is 6.54 Å². The first kappa shape index (κ1) is 12.0.